The lowest BCUT2D eigenvalue weighted by Gasteiger charge is -2.54. The summed E-state index contributed by atoms with van der Waals surface area (Å²) in [7, 11) is -2.43. The normalized spacial score (nSPS) is 23.5. The number of sulfone groups is 1. The van der Waals surface area contributed by atoms with Gasteiger partial charge in [-0.3, -0.25) is 14.5 Å². The SMILES string of the molecule is COC(=O)C[C@H]1CCC[C@@H]1[C@](CN1CCC1)(c1cccc(F)c1)C1CCN(CC2(F)CN(c3ccc(S(=O)(=O)c4cccc(C(N)=O)c4)cc3)C2)CC1. The minimum Gasteiger partial charge on any atom is -0.469 e. The molecular weight excluding hydrogens is 699 g/mol. The molecule has 12 heteroatoms. The average Bonchev–Trinajstić information content (AvgIpc) is 3.59. The third kappa shape index (κ3) is 7.59. The maximum Gasteiger partial charge on any atom is 0.305 e. The number of methoxy groups -OCH3 is 1. The van der Waals surface area contributed by atoms with E-state index in [1.165, 1.54) is 49.6 Å². The third-order valence-electron chi connectivity index (χ3n) is 12.5. The third-order valence-corrected chi connectivity index (χ3v) is 14.3. The van der Waals surface area contributed by atoms with Gasteiger partial charge in [0.2, 0.25) is 15.7 Å². The number of likely N-dealkylation sites (tertiary alicyclic amines) is 2. The fourth-order valence-electron chi connectivity index (χ4n) is 9.75. The molecular formula is C41H50F2N4O5S. The second-order valence-electron chi connectivity index (χ2n) is 15.7. The molecule has 4 fully saturated rings. The van der Waals surface area contributed by atoms with Gasteiger partial charge in [0.15, 0.2) is 5.67 Å². The van der Waals surface area contributed by atoms with Crippen molar-refractivity contribution in [2.75, 3.05) is 64.4 Å². The van der Waals surface area contributed by atoms with E-state index in [1.807, 2.05) is 11.0 Å². The van der Waals surface area contributed by atoms with Crippen molar-refractivity contribution in [2.45, 2.75) is 65.8 Å². The summed E-state index contributed by atoms with van der Waals surface area (Å²) in [6.45, 7) is 5.09. The van der Waals surface area contributed by atoms with Gasteiger partial charge in [-0.2, -0.15) is 0 Å². The standard InChI is InChI=1S/C41H50F2N4O5S/c1-52-38(48)23-29-6-3-11-37(29)41(28-45-18-5-19-45,32-8-4-9-33(42)24-32)31-16-20-46(21-17-31)25-40(43)26-47(27-40)34-12-14-35(15-13-34)53(50,51)36-10-2-7-30(22-36)39(44)49/h2,4,7-10,12-15,22,24,29,31,37H,3,5-6,11,16-21,23,25-28H2,1H3,(H2,44,49)/t29-,37+,41+/m1/s1. The van der Waals surface area contributed by atoms with Gasteiger partial charge in [0.1, 0.15) is 5.82 Å². The number of amides is 1. The summed E-state index contributed by atoms with van der Waals surface area (Å²) in [5, 5.41) is 0. The van der Waals surface area contributed by atoms with Crippen LogP contribution in [0.15, 0.2) is 82.6 Å². The number of benzene rings is 3. The Morgan fingerprint density at radius 1 is 0.887 bits per heavy atom. The van der Waals surface area contributed by atoms with Crippen LogP contribution < -0.4 is 10.6 Å². The molecule has 3 aliphatic heterocycles. The van der Waals surface area contributed by atoms with E-state index in [1.54, 1.807) is 18.2 Å². The van der Waals surface area contributed by atoms with E-state index in [-0.39, 0.29) is 63.4 Å². The number of carbonyl (C=O) groups excluding carboxylic acids is 2. The molecule has 1 saturated carbocycles. The quantitative estimate of drug-likeness (QED) is 0.224. The summed E-state index contributed by atoms with van der Waals surface area (Å²) < 4.78 is 62.8. The molecule has 0 radical (unpaired) electrons. The Balaban J connectivity index is 1.02. The summed E-state index contributed by atoms with van der Waals surface area (Å²) in [6.07, 6.45) is 6.24. The van der Waals surface area contributed by atoms with Crippen molar-refractivity contribution in [1.29, 1.82) is 0 Å². The number of hydrogen-bond acceptors (Lipinski definition) is 8. The van der Waals surface area contributed by atoms with Gasteiger partial charge < -0.3 is 20.3 Å². The predicted molar refractivity (Wildman–Crippen MR) is 199 cm³/mol. The van der Waals surface area contributed by atoms with Crippen LogP contribution in [0.1, 0.15) is 60.9 Å². The molecule has 1 aliphatic carbocycles. The number of alkyl halides is 1. The van der Waals surface area contributed by atoms with Crippen molar-refractivity contribution in [2.24, 2.45) is 23.5 Å². The molecule has 3 heterocycles. The Labute approximate surface area is 311 Å². The van der Waals surface area contributed by atoms with E-state index in [2.05, 4.69) is 15.9 Å². The molecule has 3 atom stereocenters. The maximum atomic E-state index is 16.2. The van der Waals surface area contributed by atoms with Gasteiger partial charge >= 0.3 is 5.97 Å². The molecule has 0 unspecified atom stereocenters. The summed E-state index contributed by atoms with van der Waals surface area (Å²) in [4.78, 5) is 30.9. The number of carbonyl (C=O) groups is 2. The fraction of sp³-hybridized carbons (Fsp3) is 0.512. The molecule has 3 saturated heterocycles. The minimum absolute atomic E-state index is 0.0185. The van der Waals surface area contributed by atoms with Crippen LogP contribution in [0.4, 0.5) is 14.5 Å². The highest BCUT2D eigenvalue weighted by Crippen LogP contribution is 2.54. The summed E-state index contributed by atoms with van der Waals surface area (Å²) in [5.74, 6) is -0.494. The van der Waals surface area contributed by atoms with Gasteiger partial charge in [-0.1, -0.05) is 24.6 Å². The van der Waals surface area contributed by atoms with Gasteiger partial charge in [0, 0.05) is 36.2 Å². The molecule has 9 nitrogen and oxygen atoms in total. The molecule has 284 valence electrons. The Kier molecular flexibility index (Phi) is 10.7. The number of rotatable bonds is 13. The van der Waals surface area contributed by atoms with Crippen LogP contribution in [-0.2, 0) is 24.8 Å². The number of hydrogen-bond donors (Lipinski definition) is 1. The first-order chi connectivity index (χ1) is 25.4. The predicted octanol–water partition coefficient (Wildman–Crippen LogP) is 5.62. The molecule has 0 aromatic heterocycles. The lowest BCUT2D eigenvalue weighted by atomic mass is 9.56. The van der Waals surface area contributed by atoms with Crippen molar-refractivity contribution < 1.29 is 31.5 Å². The number of nitrogens with zero attached hydrogens (tertiary/aromatic N) is 3. The molecule has 0 spiro atoms. The lowest BCUT2D eigenvalue weighted by Crippen LogP contribution is -2.64. The van der Waals surface area contributed by atoms with Crippen LogP contribution in [0.5, 0.6) is 0 Å². The molecule has 53 heavy (non-hydrogen) atoms. The summed E-state index contributed by atoms with van der Waals surface area (Å²) in [5.41, 5.74) is 5.49. The first kappa shape index (κ1) is 37.4. The highest BCUT2D eigenvalue weighted by atomic mass is 32.2. The summed E-state index contributed by atoms with van der Waals surface area (Å²) >= 11 is 0. The summed E-state index contributed by atoms with van der Waals surface area (Å²) in [6, 6.07) is 19.2. The van der Waals surface area contributed by atoms with E-state index in [4.69, 9.17) is 10.5 Å². The zero-order valence-electron chi connectivity index (χ0n) is 30.4. The van der Waals surface area contributed by atoms with E-state index in [0.29, 0.717) is 13.0 Å². The highest BCUT2D eigenvalue weighted by Gasteiger charge is 2.53. The topological polar surface area (TPSA) is 113 Å². The van der Waals surface area contributed by atoms with Gasteiger partial charge in [0.25, 0.3) is 0 Å². The van der Waals surface area contributed by atoms with Crippen LogP contribution in [0, 0.1) is 23.6 Å². The number of nitrogens with two attached hydrogens (primary N) is 1. The average molecular weight is 749 g/mol. The monoisotopic (exact) mass is 748 g/mol. The molecule has 7 rings (SSSR count). The van der Waals surface area contributed by atoms with Crippen molar-refractivity contribution in [3.05, 3.63) is 89.7 Å². The fourth-order valence-corrected chi connectivity index (χ4v) is 11.1. The number of halogens is 2. The first-order valence-electron chi connectivity index (χ1n) is 18.9. The van der Waals surface area contributed by atoms with E-state index < -0.39 is 21.4 Å². The zero-order chi connectivity index (χ0) is 37.4. The van der Waals surface area contributed by atoms with Crippen LogP contribution in [-0.4, -0.2) is 95.2 Å². The van der Waals surface area contributed by atoms with Crippen LogP contribution >= 0.6 is 0 Å². The zero-order valence-corrected chi connectivity index (χ0v) is 31.2. The van der Waals surface area contributed by atoms with Gasteiger partial charge in [-0.25, -0.2) is 17.2 Å². The van der Waals surface area contributed by atoms with Crippen molar-refractivity contribution in [3.8, 4) is 0 Å². The molecule has 1 amide bonds. The first-order valence-corrected chi connectivity index (χ1v) is 20.3. The van der Waals surface area contributed by atoms with E-state index in [0.717, 1.165) is 82.5 Å². The largest absolute Gasteiger partial charge is 0.469 e. The number of esters is 1. The molecule has 2 N–H and O–H groups in total. The van der Waals surface area contributed by atoms with Crippen molar-refractivity contribution in [1.82, 2.24) is 9.80 Å². The Morgan fingerprint density at radius 3 is 2.25 bits per heavy atom. The van der Waals surface area contributed by atoms with Crippen LogP contribution in [0.2, 0.25) is 0 Å². The highest BCUT2D eigenvalue weighted by molar-refractivity contribution is 7.91. The minimum atomic E-state index is -3.87. The smallest absolute Gasteiger partial charge is 0.305 e. The van der Waals surface area contributed by atoms with E-state index in [9.17, 15) is 22.4 Å². The Bertz CT molecular complexity index is 1910. The van der Waals surface area contributed by atoms with Gasteiger partial charge in [0.05, 0.1) is 30.0 Å². The van der Waals surface area contributed by atoms with Crippen molar-refractivity contribution in [3.63, 3.8) is 0 Å². The number of primary amides is 1. The van der Waals surface area contributed by atoms with Crippen LogP contribution in [0.25, 0.3) is 0 Å². The maximum absolute atomic E-state index is 16.2. The molecule has 0 bridgehead atoms. The lowest BCUT2D eigenvalue weighted by molar-refractivity contribution is -0.142. The number of piperidine rings is 1. The molecule has 3 aromatic rings. The second-order valence-corrected chi connectivity index (χ2v) is 17.7. The molecule has 3 aromatic carbocycles. The number of anilines is 1. The van der Waals surface area contributed by atoms with Crippen LogP contribution in [0.3, 0.4) is 0 Å². The van der Waals surface area contributed by atoms with Crippen molar-refractivity contribution >= 4 is 27.4 Å². The van der Waals surface area contributed by atoms with E-state index >= 15 is 4.39 Å². The van der Waals surface area contributed by atoms with Gasteiger partial charge in [-0.05, 0) is 136 Å². The Morgan fingerprint density at radius 2 is 1.60 bits per heavy atom. The second kappa shape index (κ2) is 15.1. The molecule has 4 aliphatic rings. The Hall–Kier alpha value is -3.87. The van der Waals surface area contributed by atoms with Gasteiger partial charge in [-0.15, -0.1) is 0 Å². The number of ether oxygens (including phenoxy) is 1.